The SMILES string of the molecule is N#Cc1cccnc1NCCNC(=O)c1cc2ccccc2s1. The van der Waals surface area contributed by atoms with Gasteiger partial charge in [0.1, 0.15) is 11.9 Å². The molecule has 0 aliphatic carbocycles. The Morgan fingerprint density at radius 3 is 2.91 bits per heavy atom. The zero-order valence-electron chi connectivity index (χ0n) is 12.2. The minimum Gasteiger partial charge on any atom is -0.367 e. The maximum atomic E-state index is 12.2. The van der Waals surface area contributed by atoms with Crippen LogP contribution in [0.3, 0.4) is 0 Å². The summed E-state index contributed by atoms with van der Waals surface area (Å²) in [6.45, 7) is 0.955. The summed E-state index contributed by atoms with van der Waals surface area (Å²) in [5.41, 5.74) is 0.489. The van der Waals surface area contributed by atoms with Gasteiger partial charge in [-0.15, -0.1) is 11.3 Å². The van der Waals surface area contributed by atoms with Crippen molar-refractivity contribution >= 4 is 33.1 Å². The van der Waals surface area contributed by atoms with E-state index in [0.717, 1.165) is 10.1 Å². The first-order valence-corrected chi connectivity index (χ1v) is 7.95. The molecule has 1 amide bonds. The second-order valence-electron chi connectivity index (χ2n) is 4.84. The Bertz CT molecular complexity index is 848. The lowest BCUT2D eigenvalue weighted by atomic mass is 10.2. The van der Waals surface area contributed by atoms with E-state index in [1.54, 1.807) is 18.3 Å². The molecule has 0 bridgehead atoms. The summed E-state index contributed by atoms with van der Waals surface area (Å²) in [5, 5.41) is 16.0. The molecule has 2 N–H and O–H groups in total. The van der Waals surface area contributed by atoms with E-state index < -0.39 is 0 Å². The molecule has 6 heteroatoms. The average molecular weight is 322 g/mol. The molecule has 0 saturated heterocycles. The van der Waals surface area contributed by atoms with E-state index >= 15 is 0 Å². The van der Waals surface area contributed by atoms with Crippen LogP contribution >= 0.6 is 11.3 Å². The molecule has 5 nitrogen and oxygen atoms in total. The van der Waals surface area contributed by atoms with Gasteiger partial charge in [0.15, 0.2) is 0 Å². The van der Waals surface area contributed by atoms with E-state index in [4.69, 9.17) is 5.26 Å². The van der Waals surface area contributed by atoms with Crippen LogP contribution in [0.4, 0.5) is 5.82 Å². The van der Waals surface area contributed by atoms with Gasteiger partial charge in [-0.05, 0) is 29.7 Å². The fraction of sp³-hybridized carbons (Fsp3) is 0.118. The van der Waals surface area contributed by atoms with Crippen molar-refractivity contribution in [1.29, 1.82) is 5.26 Å². The number of nitriles is 1. The van der Waals surface area contributed by atoms with E-state index in [-0.39, 0.29) is 5.91 Å². The number of carbonyl (C=O) groups excluding carboxylic acids is 1. The normalized spacial score (nSPS) is 10.2. The number of nitrogens with one attached hydrogen (secondary N) is 2. The lowest BCUT2D eigenvalue weighted by Crippen LogP contribution is -2.28. The van der Waals surface area contributed by atoms with Crippen LogP contribution in [0.1, 0.15) is 15.2 Å². The largest absolute Gasteiger partial charge is 0.367 e. The molecule has 1 aromatic carbocycles. The van der Waals surface area contributed by atoms with Gasteiger partial charge in [-0.3, -0.25) is 4.79 Å². The molecule has 3 aromatic rings. The number of fused-ring (bicyclic) bond motifs is 1. The fourth-order valence-corrected chi connectivity index (χ4v) is 3.15. The zero-order valence-corrected chi connectivity index (χ0v) is 13.1. The van der Waals surface area contributed by atoms with Gasteiger partial charge in [0.2, 0.25) is 0 Å². The lowest BCUT2D eigenvalue weighted by molar-refractivity contribution is 0.0959. The summed E-state index contributed by atoms with van der Waals surface area (Å²) in [7, 11) is 0. The van der Waals surface area contributed by atoms with Gasteiger partial charge >= 0.3 is 0 Å². The van der Waals surface area contributed by atoms with Crippen LogP contribution in [0, 0.1) is 11.3 Å². The Balaban J connectivity index is 1.54. The molecule has 0 radical (unpaired) electrons. The fourth-order valence-electron chi connectivity index (χ4n) is 2.17. The van der Waals surface area contributed by atoms with Gasteiger partial charge in [0.25, 0.3) is 5.91 Å². The number of hydrogen-bond acceptors (Lipinski definition) is 5. The first kappa shape index (κ1) is 15.0. The van der Waals surface area contributed by atoms with Crippen molar-refractivity contribution in [3.63, 3.8) is 0 Å². The smallest absolute Gasteiger partial charge is 0.261 e. The summed E-state index contributed by atoms with van der Waals surface area (Å²) in [6.07, 6.45) is 1.62. The Kier molecular flexibility index (Phi) is 4.50. The van der Waals surface area contributed by atoms with Crippen molar-refractivity contribution in [3.05, 3.63) is 59.1 Å². The van der Waals surface area contributed by atoms with Crippen molar-refractivity contribution in [3.8, 4) is 6.07 Å². The number of carbonyl (C=O) groups is 1. The predicted octanol–water partition coefficient (Wildman–Crippen LogP) is 3.01. The van der Waals surface area contributed by atoms with Crippen LogP contribution in [0.2, 0.25) is 0 Å². The number of amides is 1. The molecule has 0 aliphatic heterocycles. The summed E-state index contributed by atoms with van der Waals surface area (Å²) >= 11 is 1.48. The topological polar surface area (TPSA) is 77.8 Å². The number of pyridine rings is 1. The number of aromatic nitrogens is 1. The van der Waals surface area contributed by atoms with Crippen LogP contribution in [0.15, 0.2) is 48.7 Å². The molecule has 23 heavy (non-hydrogen) atoms. The van der Waals surface area contributed by atoms with E-state index in [2.05, 4.69) is 21.7 Å². The third kappa shape index (κ3) is 3.47. The Hall–Kier alpha value is -2.91. The van der Waals surface area contributed by atoms with Crippen LogP contribution in [0.25, 0.3) is 10.1 Å². The van der Waals surface area contributed by atoms with E-state index in [1.165, 1.54) is 11.3 Å². The van der Waals surface area contributed by atoms with Gasteiger partial charge in [-0.2, -0.15) is 5.26 Å². The van der Waals surface area contributed by atoms with Crippen molar-refractivity contribution in [2.45, 2.75) is 0 Å². The monoisotopic (exact) mass is 322 g/mol. The first-order chi connectivity index (χ1) is 11.3. The molecule has 0 saturated carbocycles. The van der Waals surface area contributed by atoms with Gasteiger partial charge in [0, 0.05) is 24.0 Å². The van der Waals surface area contributed by atoms with Crippen LogP contribution in [-0.2, 0) is 0 Å². The molecule has 114 valence electrons. The van der Waals surface area contributed by atoms with Crippen LogP contribution in [0.5, 0.6) is 0 Å². The van der Waals surface area contributed by atoms with Crippen LogP contribution < -0.4 is 10.6 Å². The highest BCUT2D eigenvalue weighted by Crippen LogP contribution is 2.24. The number of thiophene rings is 1. The molecular formula is C17H14N4OS. The van der Waals surface area contributed by atoms with E-state index in [1.807, 2.05) is 30.3 Å². The second kappa shape index (κ2) is 6.90. The molecule has 0 atom stereocenters. The number of nitrogens with zero attached hydrogens (tertiary/aromatic N) is 2. The quantitative estimate of drug-likeness (QED) is 0.708. The minimum atomic E-state index is -0.0884. The zero-order chi connectivity index (χ0) is 16.1. The molecule has 0 fully saturated rings. The standard InChI is InChI=1S/C17H14N4OS/c18-11-13-5-3-7-19-16(13)20-8-9-21-17(22)15-10-12-4-1-2-6-14(12)23-15/h1-7,10H,8-9H2,(H,19,20)(H,21,22). The molecule has 0 aliphatic rings. The van der Waals surface area contributed by atoms with E-state index in [0.29, 0.717) is 29.3 Å². The lowest BCUT2D eigenvalue weighted by Gasteiger charge is -2.07. The number of benzene rings is 1. The molecule has 0 unspecified atom stereocenters. The number of anilines is 1. The first-order valence-electron chi connectivity index (χ1n) is 7.13. The molecule has 2 aromatic heterocycles. The van der Waals surface area contributed by atoms with Crippen molar-refractivity contribution in [2.24, 2.45) is 0 Å². The highest BCUT2D eigenvalue weighted by atomic mass is 32.1. The van der Waals surface area contributed by atoms with Gasteiger partial charge in [0.05, 0.1) is 10.4 Å². The summed E-state index contributed by atoms with van der Waals surface area (Å²) in [6, 6.07) is 15.3. The van der Waals surface area contributed by atoms with E-state index in [9.17, 15) is 4.79 Å². The molecule has 2 heterocycles. The highest BCUT2D eigenvalue weighted by Gasteiger charge is 2.09. The van der Waals surface area contributed by atoms with Crippen molar-refractivity contribution in [1.82, 2.24) is 10.3 Å². The molecule has 0 spiro atoms. The molecular weight excluding hydrogens is 308 g/mol. The van der Waals surface area contributed by atoms with Gasteiger partial charge in [-0.25, -0.2) is 4.98 Å². The second-order valence-corrected chi connectivity index (χ2v) is 5.93. The van der Waals surface area contributed by atoms with Crippen molar-refractivity contribution in [2.75, 3.05) is 18.4 Å². The Labute approximate surface area is 137 Å². The number of rotatable bonds is 5. The Morgan fingerprint density at radius 2 is 2.09 bits per heavy atom. The van der Waals surface area contributed by atoms with Crippen LogP contribution in [-0.4, -0.2) is 24.0 Å². The summed E-state index contributed by atoms with van der Waals surface area (Å²) in [5.74, 6) is 0.445. The summed E-state index contributed by atoms with van der Waals surface area (Å²) in [4.78, 5) is 17.0. The number of hydrogen-bond donors (Lipinski definition) is 2. The Morgan fingerprint density at radius 1 is 1.22 bits per heavy atom. The molecule has 3 rings (SSSR count). The minimum absolute atomic E-state index is 0.0884. The summed E-state index contributed by atoms with van der Waals surface area (Å²) < 4.78 is 1.10. The third-order valence-corrected chi connectivity index (χ3v) is 4.40. The third-order valence-electron chi connectivity index (χ3n) is 3.28. The van der Waals surface area contributed by atoms with Gasteiger partial charge < -0.3 is 10.6 Å². The maximum Gasteiger partial charge on any atom is 0.261 e. The average Bonchev–Trinajstić information content (AvgIpc) is 3.03. The highest BCUT2D eigenvalue weighted by molar-refractivity contribution is 7.20. The maximum absolute atomic E-state index is 12.2. The van der Waals surface area contributed by atoms with Gasteiger partial charge in [-0.1, -0.05) is 18.2 Å². The van der Waals surface area contributed by atoms with Crippen molar-refractivity contribution < 1.29 is 4.79 Å². The predicted molar refractivity (Wildman–Crippen MR) is 91.6 cm³/mol.